The predicted molar refractivity (Wildman–Crippen MR) is 93.1 cm³/mol. The summed E-state index contributed by atoms with van der Waals surface area (Å²) in [4.78, 5) is 14.1. The number of nitrogens with zero attached hydrogens (tertiary/aromatic N) is 1. The fraction of sp³-hybridized carbons (Fsp3) is 0.611. The number of hydrogen-bond acceptors (Lipinski definition) is 4. The number of amides is 1. The van der Waals surface area contributed by atoms with E-state index in [9.17, 15) is 4.79 Å². The zero-order valence-corrected chi connectivity index (χ0v) is 14.5. The summed E-state index contributed by atoms with van der Waals surface area (Å²) in [5.41, 5.74) is 7.56. The van der Waals surface area contributed by atoms with Crippen LogP contribution in [0.15, 0.2) is 24.3 Å². The molecule has 1 amide bonds. The Balaban J connectivity index is 1.67. The molecule has 5 heteroatoms. The third-order valence-corrected chi connectivity index (χ3v) is 4.02. The highest BCUT2D eigenvalue weighted by atomic mass is 16.5. The van der Waals surface area contributed by atoms with Gasteiger partial charge < -0.3 is 15.8 Å². The van der Waals surface area contributed by atoms with Gasteiger partial charge in [0.15, 0.2) is 0 Å². The average Bonchev–Trinajstić information content (AvgIpc) is 2.47. The Labute approximate surface area is 139 Å². The van der Waals surface area contributed by atoms with Crippen LogP contribution in [0.2, 0.25) is 0 Å². The van der Waals surface area contributed by atoms with Crippen LogP contribution in [0, 0.1) is 5.92 Å². The maximum Gasteiger partial charge on any atom is 0.407 e. The first kappa shape index (κ1) is 17.6. The Bertz CT molecular complexity index is 500. The lowest BCUT2D eigenvalue weighted by Gasteiger charge is -2.32. The summed E-state index contributed by atoms with van der Waals surface area (Å²) < 4.78 is 5.34. The lowest BCUT2D eigenvalue weighted by Crippen LogP contribution is -2.42. The highest BCUT2D eigenvalue weighted by Gasteiger charge is 2.21. The minimum absolute atomic E-state index is 0.250. The molecule has 0 aromatic heterocycles. The summed E-state index contributed by atoms with van der Waals surface area (Å²) in [5, 5.41) is 2.82. The zero-order valence-electron chi connectivity index (χ0n) is 14.5. The first-order chi connectivity index (χ1) is 10.8. The number of benzene rings is 1. The number of anilines is 1. The van der Waals surface area contributed by atoms with E-state index < -0.39 is 0 Å². The molecule has 128 valence electrons. The van der Waals surface area contributed by atoms with Crippen LogP contribution in [0.1, 0.15) is 39.2 Å². The van der Waals surface area contributed by atoms with Gasteiger partial charge in [0.25, 0.3) is 0 Å². The molecule has 0 spiro atoms. The second-order valence-electron chi connectivity index (χ2n) is 7.43. The number of hydrogen-bond donors (Lipinski definition) is 2. The Morgan fingerprint density at radius 3 is 2.43 bits per heavy atom. The molecule has 23 heavy (non-hydrogen) atoms. The number of carbonyl (C=O) groups is 1. The molecule has 0 atom stereocenters. The van der Waals surface area contributed by atoms with E-state index >= 15 is 0 Å². The summed E-state index contributed by atoms with van der Waals surface area (Å²) in [7, 11) is 0. The van der Waals surface area contributed by atoms with Crippen LogP contribution in [-0.2, 0) is 11.3 Å². The predicted octanol–water partition coefficient (Wildman–Crippen LogP) is 3.01. The van der Waals surface area contributed by atoms with Crippen LogP contribution >= 0.6 is 0 Å². The van der Waals surface area contributed by atoms with Crippen molar-refractivity contribution in [3.63, 3.8) is 0 Å². The van der Waals surface area contributed by atoms with Gasteiger partial charge in [0.1, 0.15) is 0 Å². The quantitative estimate of drug-likeness (QED) is 0.837. The van der Waals surface area contributed by atoms with Crippen LogP contribution in [0.4, 0.5) is 10.5 Å². The monoisotopic (exact) mass is 319 g/mol. The summed E-state index contributed by atoms with van der Waals surface area (Å²) in [6, 6.07) is 8.07. The molecule has 2 rings (SSSR count). The van der Waals surface area contributed by atoms with Gasteiger partial charge in [-0.05, 0) is 70.3 Å². The molecule has 0 bridgehead atoms. The van der Waals surface area contributed by atoms with Crippen molar-refractivity contribution in [1.82, 2.24) is 10.2 Å². The van der Waals surface area contributed by atoms with Crippen molar-refractivity contribution >= 4 is 11.8 Å². The largest absolute Gasteiger partial charge is 0.449 e. The van der Waals surface area contributed by atoms with Gasteiger partial charge in [0, 0.05) is 17.8 Å². The second-order valence-corrected chi connectivity index (χ2v) is 7.43. The minimum Gasteiger partial charge on any atom is -0.449 e. The van der Waals surface area contributed by atoms with Crippen molar-refractivity contribution in [1.29, 1.82) is 0 Å². The third kappa shape index (κ3) is 6.48. The van der Waals surface area contributed by atoms with Gasteiger partial charge in [-0.3, -0.25) is 4.90 Å². The van der Waals surface area contributed by atoms with Gasteiger partial charge in [0.05, 0.1) is 6.61 Å². The number of likely N-dealkylation sites (tertiary alicyclic amines) is 1. The molecule has 1 aromatic carbocycles. The number of carbonyl (C=O) groups excluding carboxylic acids is 1. The van der Waals surface area contributed by atoms with E-state index in [1.54, 1.807) is 0 Å². The summed E-state index contributed by atoms with van der Waals surface area (Å²) in [6.07, 6.45) is 1.82. The number of ether oxygens (including phenoxy) is 1. The minimum atomic E-state index is -0.318. The van der Waals surface area contributed by atoms with Crippen LogP contribution in [0.3, 0.4) is 0 Å². The SMILES string of the molecule is CC(C)(C)NC(=O)OCC1CCN(Cc2ccc(N)cc2)CC1. The Kier molecular flexibility index (Phi) is 5.88. The average molecular weight is 319 g/mol. The maximum absolute atomic E-state index is 11.7. The summed E-state index contributed by atoms with van der Waals surface area (Å²) >= 11 is 0. The molecule has 3 N–H and O–H groups in total. The van der Waals surface area contributed by atoms with Gasteiger partial charge in [-0.25, -0.2) is 4.79 Å². The lowest BCUT2D eigenvalue weighted by atomic mass is 9.97. The number of piperidine rings is 1. The fourth-order valence-electron chi connectivity index (χ4n) is 2.73. The molecule has 0 unspecified atom stereocenters. The molecule has 5 nitrogen and oxygen atoms in total. The standard InChI is InChI=1S/C18H29N3O2/c1-18(2,3)20-17(22)23-13-15-8-10-21(11-9-15)12-14-4-6-16(19)7-5-14/h4-7,15H,8-13,19H2,1-3H3,(H,20,22). The molecule has 1 aliphatic heterocycles. The second kappa shape index (κ2) is 7.68. The van der Waals surface area contributed by atoms with Crippen molar-refractivity contribution in [2.24, 2.45) is 5.92 Å². The maximum atomic E-state index is 11.7. The lowest BCUT2D eigenvalue weighted by molar-refractivity contribution is 0.0901. The van der Waals surface area contributed by atoms with E-state index in [0.717, 1.165) is 38.2 Å². The van der Waals surface area contributed by atoms with Crippen LogP contribution < -0.4 is 11.1 Å². The van der Waals surface area contributed by atoms with Crippen molar-refractivity contribution in [2.75, 3.05) is 25.4 Å². The van der Waals surface area contributed by atoms with Crippen molar-refractivity contribution < 1.29 is 9.53 Å². The van der Waals surface area contributed by atoms with Crippen LogP contribution in [0.5, 0.6) is 0 Å². The molecule has 0 aliphatic carbocycles. The highest BCUT2D eigenvalue weighted by Crippen LogP contribution is 2.20. The van der Waals surface area contributed by atoms with E-state index in [4.69, 9.17) is 10.5 Å². The first-order valence-electron chi connectivity index (χ1n) is 8.33. The first-order valence-corrected chi connectivity index (χ1v) is 8.33. The number of rotatable bonds is 4. The summed E-state index contributed by atoms with van der Waals surface area (Å²) in [5.74, 6) is 0.461. The van der Waals surface area contributed by atoms with E-state index in [1.807, 2.05) is 32.9 Å². The van der Waals surface area contributed by atoms with Crippen molar-refractivity contribution in [3.8, 4) is 0 Å². The molecule has 1 saturated heterocycles. The van der Waals surface area contributed by atoms with Crippen LogP contribution in [0.25, 0.3) is 0 Å². The molecule has 0 radical (unpaired) electrons. The zero-order chi connectivity index (χ0) is 16.9. The van der Waals surface area contributed by atoms with Gasteiger partial charge in [-0.2, -0.15) is 0 Å². The number of nitrogens with two attached hydrogens (primary N) is 1. The van der Waals surface area contributed by atoms with Crippen LogP contribution in [-0.4, -0.2) is 36.2 Å². The molecular formula is C18H29N3O2. The Morgan fingerprint density at radius 2 is 1.87 bits per heavy atom. The third-order valence-electron chi connectivity index (χ3n) is 4.02. The van der Waals surface area contributed by atoms with Crippen molar-refractivity contribution in [3.05, 3.63) is 29.8 Å². The molecule has 1 aliphatic rings. The van der Waals surface area contributed by atoms with E-state index in [-0.39, 0.29) is 11.6 Å². The van der Waals surface area contributed by atoms with E-state index in [1.165, 1.54) is 5.56 Å². The Morgan fingerprint density at radius 1 is 1.26 bits per heavy atom. The molecule has 1 fully saturated rings. The van der Waals surface area contributed by atoms with Gasteiger partial charge >= 0.3 is 6.09 Å². The molecular weight excluding hydrogens is 290 g/mol. The summed E-state index contributed by atoms with van der Waals surface area (Å²) in [6.45, 7) is 9.40. The number of nitrogen functional groups attached to an aromatic ring is 1. The smallest absolute Gasteiger partial charge is 0.407 e. The van der Waals surface area contributed by atoms with Crippen molar-refractivity contribution in [2.45, 2.75) is 45.7 Å². The van der Waals surface area contributed by atoms with E-state index in [2.05, 4.69) is 22.3 Å². The number of alkyl carbamates (subject to hydrolysis) is 1. The highest BCUT2D eigenvalue weighted by molar-refractivity contribution is 5.68. The number of nitrogens with one attached hydrogen (secondary N) is 1. The normalized spacial score (nSPS) is 17.0. The van der Waals surface area contributed by atoms with Gasteiger partial charge in [0.2, 0.25) is 0 Å². The molecule has 1 heterocycles. The topological polar surface area (TPSA) is 67.6 Å². The fourth-order valence-corrected chi connectivity index (χ4v) is 2.73. The Hall–Kier alpha value is -1.75. The van der Waals surface area contributed by atoms with E-state index in [0.29, 0.717) is 12.5 Å². The molecule has 1 aromatic rings. The molecule has 0 saturated carbocycles. The van der Waals surface area contributed by atoms with Gasteiger partial charge in [-0.15, -0.1) is 0 Å². The van der Waals surface area contributed by atoms with Gasteiger partial charge in [-0.1, -0.05) is 12.1 Å².